The Morgan fingerprint density at radius 2 is 2.04 bits per heavy atom. The van der Waals surface area contributed by atoms with Crippen LogP contribution in [0.3, 0.4) is 0 Å². The molecule has 1 aromatic rings. The smallest absolute Gasteiger partial charge is 0.200 e. The number of aliphatic imine (C=N–C) groups is 1. The number of methoxy groups -OCH3 is 1. The second kappa shape index (κ2) is 8.20. The largest absolute Gasteiger partial charge is 0.511 e. The number of ether oxygens (including phenoxy) is 1. The topological polar surface area (TPSA) is 62.1 Å². The number of carbonyl (C=O) groups is 1. The van der Waals surface area contributed by atoms with Gasteiger partial charge in [0, 0.05) is 31.5 Å². The normalized spacial score (nSPS) is 18.5. The first kappa shape index (κ1) is 19.1. The van der Waals surface area contributed by atoms with Crippen LogP contribution in [0.2, 0.25) is 0 Å². The lowest BCUT2D eigenvalue weighted by atomic mass is 9.82. The zero-order valence-electron chi connectivity index (χ0n) is 14.6. The lowest BCUT2D eigenvalue weighted by molar-refractivity contribution is -0.116. The average molecular weight is 352 g/mol. The molecule has 25 heavy (non-hydrogen) atoms. The summed E-state index contributed by atoms with van der Waals surface area (Å²) in [4.78, 5) is 18.4. The molecule has 1 N–H and O–H groups in total. The molecule has 0 amide bonds. The summed E-state index contributed by atoms with van der Waals surface area (Å²) in [5.74, 6) is -3.44. The maximum atomic E-state index is 14.2. The highest BCUT2D eigenvalue weighted by Gasteiger charge is 2.30. The molecule has 1 aliphatic rings. The number of hydrogen-bond donors (Lipinski definition) is 1. The highest BCUT2D eigenvalue weighted by Crippen LogP contribution is 2.36. The molecule has 0 spiro atoms. The number of likely N-dealkylation sites (N-methyl/N-ethyl adjacent to an activating group) is 1. The average Bonchev–Trinajstić information content (AvgIpc) is 2.55. The van der Waals surface area contributed by atoms with Crippen LogP contribution in [0, 0.1) is 11.6 Å². The summed E-state index contributed by atoms with van der Waals surface area (Å²) >= 11 is 0. The highest BCUT2D eigenvalue weighted by molar-refractivity contribution is 6.14. The van der Waals surface area contributed by atoms with Crippen molar-refractivity contribution in [2.45, 2.75) is 18.8 Å². The second-order valence-electron chi connectivity index (χ2n) is 6.21. The fourth-order valence-corrected chi connectivity index (χ4v) is 2.71. The van der Waals surface area contributed by atoms with Gasteiger partial charge >= 0.3 is 0 Å². The third-order valence-corrected chi connectivity index (χ3v) is 4.12. The van der Waals surface area contributed by atoms with Crippen LogP contribution in [0.25, 0.3) is 0 Å². The minimum absolute atomic E-state index is 0.0121. The van der Waals surface area contributed by atoms with Crippen LogP contribution in [0.1, 0.15) is 24.3 Å². The molecule has 0 fully saturated rings. The molecular formula is C18H22F2N2O3. The van der Waals surface area contributed by atoms with E-state index in [2.05, 4.69) is 4.99 Å². The molecule has 0 saturated carbocycles. The fourth-order valence-electron chi connectivity index (χ4n) is 2.71. The highest BCUT2D eigenvalue weighted by atomic mass is 19.2. The van der Waals surface area contributed by atoms with Crippen molar-refractivity contribution in [3.63, 3.8) is 0 Å². The molecule has 1 aliphatic carbocycles. The Labute approximate surface area is 145 Å². The zero-order chi connectivity index (χ0) is 18.6. The van der Waals surface area contributed by atoms with Crippen molar-refractivity contribution in [3.8, 4) is 5.75 Å². The van der Waals surface area contributed by atoms with Gasteiger partial charge in [0.15, 0.2) is 17.3 Å². The quantitative estimate of drug-likeness (QED) is 0.800. The summed E-state index contributed by atoms with van der Waals surface area (Å²) < 4.78 is 32.8. The van der Waals surface area contributed by atoms with Gasteiger partial charge in [-0.25, -0.2) is 4.39 Å². The van der Waals surface area contributed by atoms with Crippen molar-refractivity contribution >= 4 is 12.0 Å². The molecule has 0 bridgehead atoms. The number of Topliss-reactive ketones (excluding diaryl/α,β-unsaturated/α-hetero) is 1. The van der Waals surface area contributed by atoms with E-state index in [-0.39, 0.29) is 41.3 Å². The molecule has 0 radical (unpaired) electrons. The van der Waals surface area contributed by atoms with Gasteiger partial charge in [-0.2, -0.15) is 4.39 Å². The van der Waals surface area contributed by atoms with Crippen molar-refractivity contribution in [3.05, 3.63) is 40.7 Å². The van der Waals surface area contributed by atoms with E-state index in [1.165, 1.54) is 25.5 Å². The van der Waals surface area contributed by atoms with Crippen LogP contribution in [0.5, 0.6) is 5.75 Å². The van der Waals surface area contributed by atoms with Crippen molar-refractivity contribution in [1.82, 2.24) is 4.90 Å². The summed E-state index contributed by atoms with van der Waals surface area (Å²) in [7, 11) is 5.06. The van der Waals surface area contributed by atoms with Crippen LogP contribution < -0.4 is 4.74 Å². The number of rotatable bonds is 6. The first-order valence-electron chi connectivity index (χ1n) is 7.96. The number of halogens is 2. The second-order valence-corrected chi connectivity index (χ2v) is 6.21. The third kappa shape index (κ3) is 4.42. The van der Waals surface area contributed by atoms with E-state index in [0.717, 1.165) is 6.54 Å². The van der Waals surface area contributed by atoms with Gasteiger partial charge in [-0.05, 0) is 25.7 Å². The Balaban J connectivity index is 2.19. The molecule has 0 saturated heterocycles. The third-order valence-electron chi connectivity index (χ3n) is 4.12. The summed E-state index contributed by atoms with van der Waals surface area (Å²) in [6, 6.07) is 2.70. The number of ketones is 1. The molecule has 1 aromatic carbocycles. The maximum absolute atomic E-state index is 14.2. The van der Waals surface area contributed by atoms with Gasteiger partial charge in [-0.1, -0.05) is 6.07 Å². The standard InChI is InChI=1S/C18H22F2N2O3/c1-22(2)7-6-21-10-13-14(23)8-11(9-15(13)24)12-4-5-16(25-3)18(20)17(12)19/h4-5,10-11,23H,6-9H2,1-3H3. The maximum Gasteiger partial charge on any atom is 0.200 e. The Hall–Kier alpha value is -2.28. The van der Waals surface area contributed by atoms with Gasteiger partial charge in [0.05, 0.1) is 19.2 Å². The lowest BCUT2D eigenvalue weighted by Gasteiger charge is -2.23. The number of carbonyl (C=O) groups excluding carboxylic acids is 1. The molecule has 5 nitrogen and oxygen atoms in total. The first-order chi connectivity index (χ1) is 11.8. The number of aliphatic hydroxyl groups excluding tert-OH is 1. The van der Waals surface area contributed by atoms with Gasteiger partial charge in [-0.3, -0.25) is 9.79 Å². The predicted octanol–water partition coefficient (Wildman–Crippen LogP) is 2.86. The Kier molecular flexibility index (Phi) is 6.25. The Morgan fingerprint density at radius 3 is 2.64 bits per heavy atom. The summed E-state index contributed by atoms with van der Waals surface area (Å²) in [5, 5.41) is 10.2. The molecule has 0 heterocycles. The molecule has 0 aliphatic heterocycles. The molecule has 1 unspecified atom stereocenters. The minimum atomic E-state index is -1.09. The van der Waals surface area contributed by atoms with Gasteiger partial charge in [-0.15, -0.1) is 0 Å². The monoisotopic (exact) mass is 352 g/mol. The van der Waals surface area contributed by atoms with E-state index in [9.17, 15) is 18.7 Å². The van der Waals surface area contributed by atoms with Crippen molar-refractivity contribution in [2.75, 3.05) is 34.3 Å². The van der Waals surface area contributed by atoms with E-state index < -0.39 is 17.6 Å². The zero-order valence-corrected chi connectivity index (χ0v) is 14.6. The predicted molar refractivity (Wildman–Crippen MR) is 91.5 cm³/mol. The minimum Gasteiger partial charge on any atom is -0.511 e. The summed E-state index contributed by atoms with van der Waals surface area (Å²) in [6.45, 7) is 1.22. The summed E-state index contributed by atoms with van der Waals surface area (Å²) in [5.41, 5.74) is 0.200. The molecular weight excluding hydrogens is 330 g/mol. The Morgan fingerprint density at radius 1 is 1.32 bits per heavy atom. The van der Waals surface area contributed by atoms with E-state index in [4.69, 9.17) is 4.74 Å². The van der Waals surface area contributed by atoms with Crippen LogP contribution >= 0.6 is 0 Å². The lowest BCUT2D eigenvalue weighted by Crippen LogP contribution is -2.21. The number of benzene rings is 1. The molecule has 136 valence electrons. The number of nitrogens with zero attached hydrogens (tertiary/aromatic N) is 2. The van der Waals surface area contributed by atoms with Crippen LogP contribution in [0.4, 0.5) is 8.78 Å². The molecule has 2 rings (SSSR count). The SMILES string of the molecule is COc1ccc(C2CC(=O)C(C=NCCN(C)C)=C(O)C2)c(F)c1F. The number of allylic oxidation sites excluding steroid dienone is 2. The van der Waals surface area contributed by atoms with Crippen molar-refractivity contribution in [2.24, 2.45) is 4.99 Å². The molecule has 7 heteroatoms. The molecule has 0 aromatic heterocycles. The van der Waals surface area contributed by atoms with Gasteiger partial charge < -0.3 is 14.7 Å². The van der Waals surface area contributed by atoms with E-state index in [1.54, 1.807) is 0 Å². The van der Waals surface area contributed by atoms with Crippen LogP contribution in [-0.4, -0.2) is 56.3 Å². The first-order valence-corrected chi connectivity index (χ1v) is 7.96. The number of hydrogen-bond acceptors (Lipinski definition) is 5. The van der Waals surface area contributed by atoms with Gasteiger partial charge in [0.1, 0.15) is 5.76 Å². The molecule has 1 atom stereocenters. The van der Waals surface area contributed by atoms with Crippen molar-refractivity contribution in [1.29, 1.82) is 0 Å². The van der Waals surface area contributed by atoms with Crippen LogP contribution in [0.15, 0.2) is 28.5 Å². The van der Waals surface area contributed by atoms with E-state index >= 15 is 0 Å². The van der Waals surface area contributed by atoms with Crippen molar-refractivity contribution < 1.29 is 23.4 Å². The number of aliphatic hydroxyl groups is 1. The fraction of sp³-hybridized carbons (Fsp3) is 0.444. The van der Waals surface area contributed by atoms with E-state index in [0.29, 0.717) is 6.54 Å². The van der Waals surface area contributed by atoms with Gasteiger partial charge in [0.25, 0.3) is 0 Å². The van der Waals surface area contributed by atoms with Crippen LogP contribution in [-0.2, 0) is 4.79 Å². The van der Waals surface area contributed by atoms with Gasteiger partial charge in [0.2, 0.25) is 5.82 Å². The summed E-state index contributed by atoms with van der Waals surface area (Å²) in [6.07, 6.45) is 1.41. The Bertz CT molecular complexity index is 715. The van der Waals surface area contributed by atoms with E-state index in [1.807, 2.05) is 19.0 Å².